The number of carbonyl (C=O) groups is 1. The molecule has 0 atom stereocenters. The number of aryl methyl sites for hydroxylation is 1. The van der Waals surface area contributed by atoms with Crippen molar-refractivity contribution in [3.8, 4) is 5.75 Å². The number of urea groups is 1. The summed E-state index contributed by atoms with van der Waals surface area (Å²) in [6, 6.07) is 7.44. The molecule has 1 aromatic carbocycles. The second-order valence-electron chi connectivity index (χ2n) is 6.05. The first-order valence-electron chi connectivity index (χ1n) is 8.49. The van der Waals surface area contributed by atoms with Crippen molar-refractivity contribution in [3.63, 3.8) is 0 Å². The molecule has 0 fully saturated rings. The molecule has 0 unspecified atom stereocenters. The van der Waals surface area contributed by atoms with Gasteiger partial charge >= 0.3 is 12.4 Å². The van der Waals surface area contributed by atoms with Crippen molar-refractivity contribution in [3.05, 3.63) is 53.5 Å². The Morgan fingerprint density at radius 2 is 1.93 bits per heavy atom. The largest absolute Gasteiger partial charge is 0.573 e. The van der Waals surface area contributed by atoms with E-state index in [2.05, 4.69) is 35.8 Å². The molecule has 0 saturated carbocycles. The molecule has 2 heterocycles. The van der Waals surface area contributed by atoms with Crippen LogP contribution in [0.15, 0.2) is 36.4 Å². The Hall–Kier alpha value is -3.74. The van der Waals surface area contributed by atoms with Crippen molar-refractivity contribution in [1.82, 2.24) is 25.2 Å². The third-order valence-corrected chi connectivity index (χ3v) is 3.56. The van der Waals surface area contributed by atoms with Crippen molar-refractivity contribution < 1.29 is 27.8 Å². The number of aromatic nitrogens is 5. The SMILES string of the molecule is Cc1cc(Cn2nnc(CO)n2)cc(NC(=O)Nc2ccc(OC(F)(F)F)cc2)n1. The highest BCUT2D eigenvalue weighted by Crippen LogP contribution is 2.24. The van der Waals surface area contributed by atoms with Crippen LogP contribution in [0, 0.1) is 6.92 Å². The smallest absolute Gasteiger partial charge is 0.406 e. The van der Waals surface area contributed by atoms with Gasteiger partial charge in [0.25, 0.3) is 0 Å². The molecule has 0 aliphatic carbocycles. The topological polar surface area (TPSA) is 127 Å². The summed E-state index contributed by atoms with van der Waals surface area (Å²) in [6.45, 7) is 1.65. The van der Waals surface area contributed by atoms with E-state index in [1.165, 1.54) is 16.9 Å². The van der Waals surface area contributed by atoms with Gasteiger partial charge in [0.05, 0.1) is 6.54 Å². The minimum absolute atomic E-state index is 0.185. The fourth-order valence-corrected chi connectivity index (χ4v) is 2.48. The van der Waals surface area contributed by atoms with Crippen LogP contribution in [0.1, 0.15) is 17.1 Å². The summed E-state index contributed by atoms with van der Waals surface area (Å²) in [6.07, 6.45) is -4.79. The number of alkyl halides is 3. The van der Waals surface area contributed by atoms with Crippen LogP contribution in [0.3, 0.4) is 0 Å². The van der Waals surface area contributed by atoms with E-state index in [4.69, 9.17) is 5.11 Å². The molecule has 3 rings (SSSR count). The summed E-state index contributed by atoms with van der Waals surface area (Å²) < 4.78 is 40.3. The van der Waals surface area contributed by atoms with Gasteiger partial charge in [-0.25, -0.2) is 9.78 Å². The van der Waals surface area contributed by atoms with Gasteiger partial charge in [-0.05, 0) is 54.1 Å². The first-order valence-corrected chi connectivity index (χ1v) is 8.49. The highest BCUT2D eigenvalue weighted by atomic mass is 19.4. The van der Waals surface area contributed by atoms with Crippen molar-refractivity contribution in [1.29, 1.82) is 0 Å². The predicted octanol–water partition coefficient (Wildman–Crippen LogP) is 2.46. The van der Waals surface area contributed by atoms with E-state index in [1.54, 1.807) is 19.1 Å². The first-order chi connectivity index (χ1) is 14.2. The van der Waals surface area contributed by atoms with Crippen LogP contribution < -0.4 is 15.4 Å². The number of ether oxygens (including phenoxy) is 1. The van der Waals surface area contributed by atoms with E-state index in [1.807, 2.05) is 0 Å². The lowest BCUT2D eigenvalue weighted by Crippen LogP contribution is -2.20. The Kier molecular flexibility index (Phi) is 6.11. The predicted molar refractivity (Wildman–Crippen MR) is 97.6 cm³/mol. The Labute approximate surface area is 167 Å². The van der Waals surface area contributed by atoms with E-state index in [-0.39, 0.29) is 30.5 Å². The van der Waals surface area contributed by atoms with Crippen LogP contribution in [-0.4, -0.2) is 42.7 Å². The second-order valence-corrected chi connectivity index (χ2v) is 6.05. The Balaban J connectivity index is 1.62. The summed E-state index contributed by atoms with van der Waals surface area (Å²) in [5.41, 5.74) is 1.62. The lowest BCUT2D eigenvalue weighted by atomic mass is 10.2. The number of halogens is 3. The van der Waals surface area contributed by atoms with Gasteiger partial charge in [-0.15, -0.1) is 23.4 Å². The number of amides is 2. The molecule has 158 valence electrons. The zero-order chi connectivity index (χ0) is 21.7. The molecule has 13 heteroatoms. The number of hydrogen-bond acceptors (Lipinski definition) is 7. The van der Waals surface area contributed by atoms with Crippen molar-refractivity contribution in [2.75, 3.05) is 10.6 Å². The molecule has 30 heavy (non-hydrogen) atoms. The lowest BCUT2D eigenvalue weighted by Gasteiger charge is -2.11. The van der Waals surface area contributed by atoms with Crippen molar-refractivity contribution >= 4 is 17.5 Å². The third-order valence-electron chi connectivity index (χ3n) is 3.56. The molecule has 0 aliphatic rings. The summed E-state index contributed by atoms with van der Waals surface area (Å²) in [4.78, 5) is 17.7. The van der Waals surface area contributed by atoms with Gasteiger partial charge in [-0.3, -0.25) is 5.32 Å². The number of carbonyl (C=O) groups excluding carboxylic acids is 1. The normalized spacial score (nSPS) is 11.2. The van der Waals surface area contributed by atoms with E-state index >= 15 is 0 Å². The quantitative estimate of drug-likeness (QED) is 0.556. The number of pyridine rings is 1. The lowest BCUT2D eigenvalue weighted by molar-refractivity contribution is -0.274. The average molecular weight is 423 g/mol. The van der Waals surface area contributed by atoms with E-state index in [0.29, 0.717) is 5.69 Å². The molecule has 10 nitrogen and oxygen atoms in total. The van der Waals surface area contributed by atoms with E-state index < -0.39 is 18.1 Å². The van der Waals surface area contributed by atoms with Crippen LogP contribution in [0.5, 0.6) is 5.75 Å². The number of anilines is 2. The second kappa shape index (κ2) is 8.73. The zero-order valence-electron chi connectivity index (χ0n) is 15.5. The molecule has 0 saturated heterocycles. The fraction of sp³-hybridized carbons (Fsp3) is 0.235. The summed E-state index contributed by atoms with van der Waals surface area (Å²) >= 11 is 0. The van der Waals surface area contributed by atoms with Gasteiger partial charge in [-0.2, -0.15) is 4.80 Å². The van der Waals surface area contributed by atoms with Gasteiger partial charge in [0.15, 0.2) is 5.82 Å². The van der Waals surface area contributed by atoms with Gasteiger partial charge in [0, 0.05) is 11.4 Å². The van der Waals surface area contributed by atoms with Gasteiger partial charge < -0.3 is 15.2 Å². The van der Waals surface area contributed by atoms with Crippen LogP contribution in [-0.2, 0) is 13.2 Å². The Morgan fingerprint density at radius 3 is 2.57 bits per heavy atom. The summed E-state index contributed by atoms with van der Waals surface area (Å²) in [5.74, 6) is 0.0386. The highest BCUT2D eigenvalue weighted by molar-refractivity contribution is 5.99. The Bertz CT molecular complexity index is 1020. The molecule has 3 N–H and O–H groups in total. The maximum absolute atomic E-state index is 12.2. The molecule has 0 radical (unpaired) electrons. The molecular weight excluding hydrogens is 407 g/mol. The van der Waals surface area contributed by atoms with E-state index in [9.17, 15) is 18.0 Å². The first kappa shape index (κ1) is 21.0. The number of aliphatic hydroxyl groups excluding tert-OH is 1. The van der Waals surface area contributed by atoms with E-state index in [0.717, 1.165) is 17.7 Å². The molecule has 2 aromatic heterocycles. The number of aliphatic hydroxyl groups is 1. The number of benzene rings is 1. The minimum atomic E-state index is -4.79. The van der Waals surface area contributed by atoms with Crippen LogP contribution in [0.4, 0.5) is 29.5 Å². The molecule has 0 aliphatic heterocycles. The third kappa shape index (κ3) is 6.13. The van der Waals surface area contributed by atoms with Crippen LogP contribution >= 0.6 is 0 Å². The van der Waals surface area contributed by atoms with Gasteiger partial charge in [0.1, 0.15) is 18.2 Å². The van der Waals surface area contributed by atoms with Crippen molar-refractivity contribution in [2.45, 2.75) is 26.4 Å². The number of nitrogens with one attached hydrogen (secondary N) is 2. The monoisotopic (exact) mass is 423 g/mol. The number of hydrogen-bond donors (Lipinski definition) is 3. The molecule has 0 spiro atoms. The highest BCUT2D eigenvalue weighted by Gasteiger charge is 2.30. The maximum atomic E-state index is 12.2. The minimum Gasteiger partial charge on any atom is -0.406 e. The van der Waals surface area contributed by atoms with Crippen LogP contribution in [0.2, 0.25) is 0 Å². The number of nitrogens with zero attached hydrogens (tertiary/aromatic N) is 5. The molecule has 0 bridgehead atoms. The van der Waals surface area contributed by atoms with Gasteiger partial charge in [0.2, 0.25) is 0 Å². The average Bonchev–Trinajstić information content (AvgIpc) is 3.09. The summed E-state index contributed by atoms with van der Waals surface area (Å²) in [7, 11) is 0. The summed E-state index contributed by atoms with van der Waals surface area (Å²) in [5, 5.41) is 25.5. The molecule has 2 amide bonds. The molecule has 3 aromatic rings. The van der Waals surface area contributed by atoms with Gasteiger partial charge in [-0.1, -0.05) is 0 Å². The molecular formula is C17H16F3N7O3. The van der Waals surface area contributed by atoms with Crippen LogP contribution in [0.25, 0.3) is 0 Å². The number of tetrazole rings is 1. The number of rotatable bonds is 6. The maximum Gasteiger partial charge on any atom is 0.573 e. The fourth-order valence-electron chi connectivity index (χ4n) is 2.48. The zero-order valence-corrected chi connectivity index (χ0v) is 15.5. The van der Waals surface area contributed by atoms with Crippen molar-refractivity contribution in [2.24, 2.45) is 0 Å². The standard InChI is InChI=1S/C17H16F3N7O3/c1-10-6-11(8-27-25-15(9-28)24-26-27)7-14(21-10)23-16(29)22-12-2-4-13(5-3-12)30-17(18,19)20/h2-7,28H,8-9H2,1H3,(H2,21,22,23,29). The Morgan fingerprint density at radius 1 is 1.20 bits per heavy atom.